The molecule has 1 aromatic rings. The first kappa shape index (κ1) is 15.8. The summed E-state index contributed by atoms with van der Waals surface area (Å²) in [5.41, 5.74) is 0. The largest absolute Gasteiger partial charge is 0.447 e. The van der Waals surface area contributed by atoms with E-state index in [1.54, 1.807) is 13.0 Å². The average Bonchev–Trinajstić information content (AvgIpc) is 2.78. The maximum atomic E-state index is 12.0. The molecule has 0 aliphatic rings. The monoisotopic (exact) mass is 284 g/mol. The van der Waals surface area contributed by atoms with Crippen LogP contribution in [0.1, 0.15) is 32.4 Å². The summed E-state index contributed by atoms with van der Waals surface area (Å²) in [5, 5.41) is 3.06. The van der Waals surface area contributed by atoms with Crippen LogP contribution in [-0.4, -0.2) is 21.0 Å². The van der Waals surface area contributed by atoms with Crippen molar-refractivity contribution in [1.82, 2.24) is 10.0 Å². The minimum Gasteiger partial charge on any atom is -0.447 e. The Kier molecular flexibility index (Phi) is 6.09. The first-order chi connectivity index (χ1) is 8.99. The fourth-order valence-electron chi connectivity index (χ4n) is 1.53. The number of terminal acetylenes is 1. The second-order valence-corrected chi connectivity index (χ2v) is 5.97. The molecule has 6 heteroatoms. The van der Waals surface area contributed by atoms with Crippen LogP contribution >= 0.6 is 0 Å². The van der Waals surface area contributed by atoms with E-state index < -0.39 is 10.0 Å². The molecular weight excluding hydrogens is 264 g/mol. The highest BCUT2D eigenvalue weighted by atomic mass is 32.2. The molecule has 0 fully saturated rings. The van der Waals surface area contributed by atoms with Crippen molar-refractivity contribution in [3.63, 3.8) is 0 Å². The molecule has 0 aliphatic carbocycles. The van der Waals surface area contributed by atoms with Crippen LogP contribution in [0.5, 0.6) is 0 Å². The van der Waals surface area contributed by atoms with Gasteiger partial charge in [-0.05, 0) is 32.0 Å². The minimum atomic E-state index is -3.63. The van der Waals surface area contributed by atoms with E-state index in [4.69, 9.17) is 10.8 Å². The number of nitrogens with one attached hydrogen (secondary N) is 2. The smallest absolute Gasteiger partial charge is 0.274 e. The van der Waals surface area contributed by atoms with Crippen molar-refractivity contribution < 1.29 is 12.8 Å². The molecule has 0 saturated heterocycles. The summed E-state index contributed by atoms with van der Waals surface area (Å²) in [6.07, 6.45) is 6.49. The van der Waals surface area contributed by atoms with Crippen molar-refractivity contribution in [2.24, 2.45) is 0 Å². The van der Waals surface area contributed by atoms with Crippen molar-refractivity contribution in [3.8, 4) is 12.3 Å². The molecule has 1 rings (SSSR count). The second-order valence-electron chi connectivity index (χ2n) is 4.33. The molecule has 1 atom stereocenters. The zero-order valence-corrected chi connectivity index (χ0v) is 12.1. The van der Waals surface area contributed by atoms with Gasteiger partial charge >= 0.3 is 0 Å². The van der Waals surface area contributed by atoms with Crippen LogP contribution in [0.4, 0.5) is 0 Å². The Bertz CT molecular complexity index is 528. The number of hydrogen-bond donors (Lipinski definition) is 2. The Balaban J connectivity index is 2.66. The summed E-state index contributed by atoms with van der Waals surface area (Å²) in [7, 11) is -3.63. The molecule has 5 nitrogen and oxygen atoms in total. The Morgan fingerprint density at radius 2 is 2.21 bits per heavy atom. The van der Waals surface area contributed by atoms with Gasteiger partial charge in [0, 0.05) is 12.5 Å². The molecule has 0 aliphatic heterocycles. The molecule has 0 bridgehead atoms. The van der Waals surface area contributed by atoms with Crippen LogP contribution in [0.15, 0.2) is 21.6 Å². The van der Waals surface area contributed by atoms with Gasteiger partial charge in [-0.25, -0.2) is 13.1 Å². The summed E-state index contributed by atoms with van der Waals surface area (Å²) in [4.78, 5) is 0. The molecular formula is C13H20N2O3S. The topological polar surface area (TPSA) is 71.3 Å². The van der Waals surface area contributed by atoms with E-state index in [1.165, 1.54) is 6.07 Å². The SMILES string of the molecule is C#CCC(C)NS(=O)(=O)c1ccc(CNCCC)o1. The maximum Gasteiger partial charge on any atom is 0.274 e. The highest BCUT2D eigenvalue weighted by Gasteiger charge is 2.20. The molecule has 19 heavy (non-hydrogen) atoms. The van der Waals surface area contributed by atoms with Crippen LogP contribution < -0.4 is 10.0 Å². The van der Waals surface area contributed by atoms with Gasteiger partial charge in [0.15, 0.2) is 0 Å². The van der Waals surface area contributed by atoms with Crippen LogP contribution in [0.3, 0.4) is 0 Å². The van der Waals surface area contributed by atoms with E-state index in [9.17, 15) is 8.42 Å². The van der Waals surface area contributed by atoms with E-state index in [-0.39, 0.29) is 11.1 Å². The zero-order valence-electron chi connectivity index (χ0n) is 11.3. The molecule has 1 unspecified atom stereocenters. The zero-order chi connectivity index (χ0) is 14.3. The predicted molar refractivity (Wildman–Crippen MR) is 73.9 cm³/mol. The quantitative estimate of drug-likeness (QED) is 0.560. The first-order valence-corrected chi connectivity index (χ1v) is 7.73. The molecule has 1 aromatic heterocycles. The Morgan fingerprint density at radius 3 is 2.84 bits per heavy atom. The molecule has 2 N–H and O–H groups in total. The lowest BCUT2D eigenvalue weighted by molar-refractivity contribution is 0.398. The van der Waals surface area contributed by atoms with Crippen molar-refractivity contribution in [2.45, 2.75) is 44.4 Å². The van der Waals surface area contributed by atoms with Crippen molar-refractivity contribution in [1.29, 1.82) is 0 Å². The van der Waals surface area contributed by atoms with Gasteiger partial charge in [-0.15, -0.1) is 12.3 Å². The summed E-state index contributed by atoms with van der Waals surface area (Å²) in [6, 6.07) is 2.79. The molecule has 0 saturated carbocycles. The summed E-state index contributed by atoms with van der Waals surface area (Å²) in [6.45, 7) is 5.15. The second kappa shape index (κ2) is 7.34. The van der Waals surface area contributed by atoms with Crippen LogP contribution in [0.25, 0.3) is 0 Å². The fraction of sp³-hybridized carbons (Fsp3) is 0.538. The van der Waals surface area contributed by atoms with E-state index >= 15 is 0 Å². The normalized spacial score (nSPS) is 13.1. The van der Waals surface area contributed by atoms with Gasteiger partial charge in [-0.1, -0.05) is 6.92 Å². The predicted octanol–water partition coefficient (Wildman–Crippen LogP) is 1.47. The number of rotatable bonds is 8. The Morgan fingerprint density at radius 1 is 1.47 bits per heavy atom. The standard InChI is InChI=1S/C13H20N2O3S/c1-4-6-11(3)15-19(16,17)13-8-7-12(18-13)10-14-9-5-2/h1,7-8,11,14-15H,5-6,9-10H2,2-3H3. The molecule has 0 aromatic carbocycles. The van der Waals surface area contributed by atoms with Crippen LogP contribution in [0.2, 0.25) is 0 Å². The van der Waals surface area contributed by atoms with E-state index in [2.05, 4.69) is 22.9 Å². The first-order valence-electron chi connectivity index (χ1n) is 6.24. The highest BCUT2D eigenvalue weighted by molar-refractivity contribution is 7.89. The van der Waals surface area contributed by atoms with E-state index in [1.807, 2.05) is 0 Å². The third kappa shape index (κ3) is 5.07. The Hall–Kier alpha value is -1.29. The highest BCUT2D eigenvalue weighted by Crippen LogP contribution is 2.14. The van der Waals surface area contributed by atoms with Crippen molar-refractivity contribution >= 4 is 10.0 Å². The summed E-state index contributed by atoms with van der Waals surface area (Å²) >= 11 is 0. The van der Waals surface area contributed by atoms with E-state index in [0.717, 1.165) is 13.0 Å². The van der Waals surface area contributed by atoms with Crippen LogP contribution in [-0.2, 0) is 16.6 Å². The number of furan rings is 1. The lowest BCUT2D eigenvalue weighted by atomic mass is 10.3. The molecule has 1 heterocycles. The molecule has 0 radical (unpaired) electrons. The average molecular weight is 284 g/mol. The van der Waals surface area contributed by atoms with Gasteiger partial charge in [0.2, 0.25) is 5.09 Å². The van der Waals surface area contributed by atoms with Crippen molar-refractivity contribution in [2.75, 3.05) is 6.54 Å². The maximum absolute atomic E-state index is 12.0. The van der Waals surface area contributed by atoms with Crippen LogP contribution in [0, 0.1) is 12.3 Å². The lowest BCUT2D eigenvalue weighted by Gasteiger charge is -2.09. The van der Waals surface area contributed by atoms with Gasteiger partial charge in [0.1, 0.15) is 5.76 Å². The molecule has 0 amide bonds. The van der Waals surface area contributed by atoms with Gasteiger partial charge < -0.3 is 9.73 Å². The van der Waals surface area contributed by atoms with Gasteiger partial charge in [-0.2, -0.15) is 0 Å². The fourth-order valence-corrected chi connectivity index (χ4v) is 2.72. The third-order valence-electron chi connectivity index (χ3n) is 2.41. The Labute approximate surface area is 114 Å². The number of hydrogen-bond acceptors (Lipinski definition) is 4. The summed E-state index contributed by atoms with van der Waals surface area (Å²) < 4.78 is 31.7. The van der Waals surface area contributed by atoms with Gasteiger partial charge in [0.25, 0.3) is 10.0 Å². The van der Waals surface area contributed by atoms with Gasteiger partial charge in [0.05, 0.1) is 6.54 Å². The number of sulfonamides is 1. The third-order valence-corrected chi connectivity index (χ3v) is 3.87. The lowest BCUT2D eigenvalue weighted by Crippen LogP contribution is -2.32. The van der Waals surface area contributed by atoms with E-state index in [0.29, 0.717) is 18.7 Å². The van der Waals surface area contributed by atoms with Crippen molar-refractivity contribution in [3.05, 3.63) is 17.9 Å². The molecule has 106 valence electrons. The minimum absolute atomic E-state index is 0.0790. The molecule has 0 spiro atoms. The summed E-state index contributed by atoms with van der Waals surface area (Å²) in [5.74, 6) is 3.01. The van der Waals surface area contributed by atoms with Gasteiger partial charge in [-0.3, -0.25) is 0 Å².